The summed E-state index contributed by atoms with van der Waals surface area (Å²) in [6.07, 6.45) is 3.38. The summed E-state index contributed by atoms with van der Waals surface area (Å²) in [4.78, 5) is 3.91. The van der Waals surface area contributed by atoms with Crippen LogP contribution in [-0.2, 0) is 10.0 Å². The highest BCUT2D eigenvalue weighted by Crippen LogP contribution is 2.10. The van der Waals surface area contributed by atoms with Crippen LogP contribution in [0.15, 0.2) is 23.4 Å². The Hall–Kier alpha value is -0.980. The molecule has 1 aliphatic rings. The lowest BCUT2D eigenvalue weighted by molar-refractivity contribution is 0.428. The molecule has 2 rings (SSSR count). The average molecular weight is 255 g/mol. The van der Waals surface area contributed by atoms with E-state index in [0.29, 0.717) is 6.54 Å². The van der Waals surface area contributed by atoms with Crippen molar-refractivity contribution >= 4 is 10.0 Å². The molecule has 0 aliphatic carbocycles. The molecule has 5 nitrogen and oxygen atoms in total. The molecular formula is C11H17N3O2S. The first-order valence-electron chi connectivity index (χ1n) is 5.74. The average Bonchev–Trinajstić information content (AvgIpc) is 2.30. The predicted molar refractivity (Wildman–Crippen MR) is 65.2 cm³/mol. The summed E-state index contributed by atoms with van der Waals surface area (Å²) in [5, 5.41) is 3.27. The summed E-state index contributed by atoms with van der Waals surface area (Å²) in [6, 6.07) is 3.33. The van der Waals surface area contributed by atoms with E-state index in [-0.39, 0.29) is 11.1 Å². The molecule has 0 bridgehead atoms. The SMILES string of the molecule is Cc1ccnc(S(=O)(=O)NC2CCCNC2)c1. The number of nitrogens with zero attached hydrogens (tertiary/aromatic N) is 1. The normalized spacial score (nSPS) is 21.4. The van der Waals surface area contributed by atoms with Crippen LogP contribution in [0.1, 0.15) is 18.4 Å². The molecule has 1 atom stereocenters. The molecule has 1 aliphatic heterocycles. The van der Waals surface area contributed by atoms with E-state index in [2.05, 4.69) is 15.0 Å². The third-order valence-corrected chi connectivity index (χ3v) is 4.20. The van der Waals surface area contributed by atoms with Crippen molar-refractivity contribution in [3.8, 4) is 0 Å². The van der Waals surface area contributed by atoms with Crippen molar-refractivity contribution in [2.24, 2.45) is 0 Å². The second kappa shape index (κ2) is 5.12. The molecule has 1 aromatic rings. The van der Waals surface area contributed by atoms with Gasteiger partial charge in [-0.2, -0.15) is 0 Å². The van der Waals surface area contributed by atoms with Gasteiger partial charge in [-0.05, 0) is 44.0 Å². The lowest BCUT2D eigenvalue weighted by atomic mass is 10.1. The van der Waals surface area contributed by atoms with Gasteiger partial charge in [-0.15, -0.1) is 0 Å². The highest BCUT2D eigenvalue weighted by atomic mass is 32.2. The lowest BCUT2D eigenvalue weighted by Crippen LogP contribution is -2.45. The van der Waals surface area contributed by atoms with Crippen LogP contribution < -0.4 is 10.0 Å². The van der Waals surface area contributed by atoms with Crippen molar-refractivity contribution in [1.29, 1.82) is 0 Å². The van der Waals surface area contributed by atoms with E-state index in [0.717, 1.165) is 24.9 Å². The Kier molecular flexibility index (Phi) is 3.76. The van der Waals surface area contributed by atoms with Crippen LogP contribution in [0, 0.1) is 6.92 Å². The Balaban J connectivity index is 2.13. The molecule has 2 heterocycles. The van der Waals surface area contributed by atoms with Crippen molar-refractivity contribution in [2.75, 3.05) is 13.1 Å². The number of hydrogen-bond donors (Lipinski definition) is 2. The largest absolute Gasteiger partial charge is 0.315 e. The minimum atomic E-state index is -3.48. The molecule has 94 valence electrons. The van der Waals surface area contributed by atoms with Crippen molar-refractivity contribution in [1.82, 2.24) is 15.0 Å². The van der Waals surface area contributed by atoms with Gasteiger partial charge in [0.1, 0.15) is 0 Å². The van der Waals surface area contributed by atoms with Gasteiger partial charge < -0.3 is 5.32 Å². The molecular weight excluding hydrogens is 238 g/mol. The quantitative estimate of drug-likeness (QED) is 0.821. The summed E-state index contributed by atoms with van der Waals surface area (Å²) in [5.74, 6) is 0. The highest BCUT2D eigenvalue weighted by Gasteiger charge is 2.22. The van der Waals surface area contributed by atoms with E-state index >= 15 is 0 Å². The number of aryl methyl sites for hydroxylation is 1. The fourth-order valence-electron chi connectivity index (χ4n) is 1.89. The van der Waals surface area contributed by atoms with Crippen LogP contribution in [0.3, 0.4) is 0 Å². The summed E-state index contributed by atoms with van der Waals surface area (Å²) >= 11 is 0. The second-order valence-electron chi connectivity index (χ2n) is 4.34. The number of piperidine rings is 1. The molecule has 17 heavy (non-hydrogen) atoms. The van der Waals surface area contributed by atoms with E-state index < -0.39 is 10.0 Å². The Morgan fingerprint density at radius 2 is 2.35 bits per heavy atom. The maximum atomic E-state index is 12.1. The minimum absolute atomic E-state index is 0.0314. The van der Waals surface area contributed by atoms with Crippen molar-refractivity contribution in [2.45, 2.75) is 30.8 Å². The number of hydrogen-bond acceptors (Lipinski definition) is 4. The molecule has 1 unspecified atom stereocenters. The van der Waals surface area contributed by atoms with Crippen LogP contribution in [0.25, 0.3) is 0 Å². The number of sulfonamides is 1. The van der Waals surface area contributed by atoms with Gasteiger partial charge in [0.25, 0.3) is 10.0 Å². The Morgan fingerprint density at radius 3 is 3.00 bits per heavy atom. The number of pyridine rings is 1. The molecule has 1 fully saturated rings. The predicted octanol–water partition coefficient (Wildman–Crippen LogP) is 0.420. The van der Waals surface area contributed by atoms with E-state index in [9.17, 15) is 8.42 Å². The first kappa shape index (κ1) is 12.5. The zero-order valence-corrected chi connectivity index (χ0v) is 10.6. The van der Waals surface area contributed by atoms with Gasteiger partial charge >= 0.3 is 0 Å². The summed E-state index contributed by atoms with van der Waals surface area (Å²) in [6.45, 7) is 3.49. The third-order valence-electron chi connectivity index (χ3n) is 2.78. The molecule has 0 radical (unpaired) electrons. The first-order chi connectivity index (χ1) is 8.08. The zero-order chi connectivity index (χ0) is 12.3. The second-order valence-corrected chi connectivity index (χ2v) is 6.00. The van der Waals surface area contributed by atoms with Crippen LogP contribution in [0.4, 0.5) is 0 Å². The van der Waals surface area contributed by atoms with Crippen LogP contribution in [-0.4, -0.2) is 32.5 Å². The lowest BCUT2D eigenvalue weighted by Gasteiger charge is -2.23. The molecule has 0 aromatic carbocycles. The van der Waals surface area contributed by atoms with Crippen molar-refractivity contribution in [3.63, 3.8) is 0 Å². The molecule has 0 spiro atoms. The Bertz CT molecular complexity index is 481. The fourth-order valence-corrected chi connectivity index (χ4v) is 3.19. The van der Waals surface area contributed by atoms with Crippen LogP contribution in [0.2, 0.25) is 0 Å². The van der Waals surface area contributed by atoms with Gasteiger partial charge in [-0.3, -0.25) is 0 Å². The van der Waals surface area contributed by atoms with E-state index in [4.69, 9.17) is 0 Å². The van der Waals surface area contributed by atoms with Gasteiger partial charge in [-0.1, -0.05) is 0 Å². The molecule has 0 amide bonds. The molecule has 0 saturated carbocycles. The van der Waals surface area contributed by atoms with E-state index in [1.807, 2.05) is 6.92 Å². The number of nitrogens with one attached hydrogen (secondary N) is 2. The minimum Gasteiger partial charge on any atom is -0.315 e. The molecule has 6 heteroatoms. The van der Waals surface area contributed by atoms with E-state index in [1.165, 1.54) is 6.20 Å². The highest BCUT2D eigenvalue weighted by molar-refractivity contribution is 7.89. The zero-order valence-electron chi connectivity index (χ0n) is 9.81. The van der Waals surface area contributed by atoms with Gasteiger partial charge in [0.2, 0.25) is 0 Å². The molecule has 1 saturated heterocycles. The monoisotopic (exact) mass is 255 g/mol. The van der Waals surface area contributed by atoms with Gasteiger partial charge in [0.05, 0.1) is 0 Å². The maximum absolute atomic E-state index is 12.1. The molecule has 1 aromatic heterocycles. The first-order valence-corrected chi connectivity index (χ1v) is 7.22. The van der Waals surface area contributed by atoms with Crippen LogP contribution in [0.5, 0.6) is 0 Å². The van der Waals surface area contributed by atoms with Crippen LogP contribution >= 0.6 is 0 Å². The Morgan fingerprint density at radius 1 is 1.53 bits per heavy atom. The summed E-state index contributed by atoms with van der Waals surface area (Å²) < 4.78 is 26.8. The third kappa shape index (κ3) is 3.24. The summed E-state index contributed by atoms with van der Waals surface area (Å²) in [7, 11) is -3.48. The topological polar surface area (TPSA) is 71.1 Å². The smallest absolute Gasteiger partial charge is 0.258 e. The van der Waals surface area contributed by atoms with E-state index in [1.54, 1.807) is 12.1 Å². The summed E-state index contributed by atoms with van der Waals surface area (Å²) in [5.41, 5.74) is 0.891. The van der Waals surface area contributed by atoms with Crippen molar-refractivity contribution in [3.05, 3.63) is 23.9 Å². The van der Waals surface area contributed by atoms with Gasteiger partial charge in [0, 0.05) is 18.8 Å². The molecule has 2 N–H and O–H groups in total. The van der Waals surface area contributed by atoms with Gasteiger partial charge in [0.15, 0.2) is 5.03 Å². The number of aromatic nitrogens is 1. The number of rotatable bonds is 3. The standard InChI is InChI=1S/C11H17N3O2S/c1-9-4-6-13-11(7-9)17(15,16)14-10-3-2-5-12-8-10/h4,6-7,10,12,14H,2-3,5,8H2,1H3. The Labute approximate surface area is 102 Å². The fraction of sp³-hybridized carbons (Fsp3) is 0.545. The van der Waals surface area contributed by atoms with Crippen molar-refractivity contribution < 1.29 is 8.42 Å². The van der Waals surface area contributed by atoms with Gasteiger partial charge in [-0.25, -0.2) is 18.1 Å². The maximum Gasteiger partial charge on any atom is 0.258 e.